The molecule has 0 amide bonds. The molecule has 2 rings (SSSR count). The summed E-state index contributed by atoms with van der Waals surface area (Å²) in [7, 11) is 0. The minimum absolute atomic E-state index is 0.0125. The van der Waals surface area contributed by atoms with Gasteiger partial charge in [-0.15, -0.1) is 0 Å². The first kappa shape index (κ1) is 13.3. The van der Waals surface area contributed by atoms with Gasteiger partial charge in [0, 0.05) is 17.8 Å². The van der Waals surface area contributed by atoms with Crippen molar-refractivity contribution in [3.63, 3.8) is 0 Å². The maximum Gasteiger partial charge on any atom is 0.161 e. The number of hydrogen-bond acceptors (Lipinski definition) is 5. The van der Waals surface area contributed by atoms with Crippen molar-refractivity contribution in [3.05, 3.63) is 41.4 Å². The Labute approximate surface area is 112 Å². The maximum absolute atomic E-state index is 11.1. The molecular weight excluding hydrogens is 242 g/mol. The second-order valence-electron chi connectivity index (χ2n) is 4.38. The highest BCUT2D eigenvalue weighted by Gasteiger charge is 2.04. The van der Waals surface area contributed by atoms with Gasteiger partial charge in [0.1, 0.15) is 5.82 Å². The van der Waals surface area contributed by atoms with E-state index in [1.54, 1.807) is 18.3 Å². The molecule has 0 bridgehead atoms. The van der Waals surface area contributed by atoms with E-state index in [-0.39, 0.29) is 5.78 Å². The van der Waals surface area contributed by atoms with Crippen LogP contribution in [0.4, 0.5) is 5.82 Å². The summed E-state index contributed by atoms with van der Waals surface area (Å²) in [5.74, 6) is 1.50. The van der Waals surface area contributed by atoms with Crippen molar-refractivity contribution in [2.24, 2.45) is 0 Å². The summed E-state index contributed by atoms with van der Waals surface area (Å²) in [6.45, 7) is 4.16. The Hall–Kier alpha value is -2.17. The zero-order valence-electron chi connectivity index (χ0n) is 11.1. The summed E-state index contributed by atoms with van der Waals surface area (Å²) in [5.41, 5.74) is 1.58. The molecule has 2 aromatic rings. The van der Waals surface area contributed by atoms with Gasteiger partial charge in [-0.25, -0.2) is 4.98 Å². The molecule has 0 spiro atoms. The highest BCUT2D eigenvalue weighted by molar-refractivity contribution is 5.93. The van der Waals surface area contributed by atoms with Crippen molar-refractivity contribution in [1.82, 2.24) is 10.1 Å². The molecule has 0 atom stereocenters. The minimum Gasteiger partial charge on any atom is -0.363 e. The Morgan fingerprint density at radius 1 is 1.42 bits per heavy atom. The predicted molar refractivity (Wildman–Crippen MR) is 72.1 cm³/mol. The molecule has 5 nitrogen and oxygen atoms in total. The van der Waals surface area contributed by atoms with Crippen molar-refractivity contribution >= 4 is 11.6 Å². The van der Waals surface area contributed by atoms with Crippen molar-refractivity contribution in [3.8, 4) is 0 Å². The molecular formula is C14H17N3O2. The maximum atomic E-state index is 11.1. The molecule has 19 heavy (non-hydrogen) atoms. The lowest BCUT2D eigenvalue weighted by Crippen LogP contribution is -2.01. The topological polar surface area (TPSA) is 68.0 Å². The molecule has 0 aromatic carbocycles. The SMILES string of the molecule is CCCc1cc(CNc2ccc(C(C)=O)cn2)on1. The van der Waals surface area contributed by atoms with Crippen LogP contribution in [0, 0.1) is 0 Å². The van der Waals surface area contributed by atoms with Crippen LogP contribution >= 0.6 is 0 Å². The van der Waals surface area contributed by atoms with E-state index < -0.39 is 0 Å². The number of anilines is 1. The fourth-order valence-corrected chi connectivity index (χ4v) is 1.70. The van der Waals surface area contributed by atoms with Gasteiger partial charge in [0.2, 0.25) is 0 Å². The van der Waals surface area contributed by atoms with E-state index in [1.165, 1.54) is 6.92 Å². The molecule has 100 valence electrons. The Bertz CT molecular complexity index is 546. The number of rotatable bonds is 6. The quantitative estimate of drug-likeness (QED) is 0.808. The average Bonchev–Trinajstić information content (AvgIpc) is 2.85. The lowest BCUT2D eigenvalue weighted by molar-refractivity contribution is 0.101. The molecule has 0 radical (unpaired) electrons. The molecule has 0 saturated carbocycles. The number of nitrogens with one attached hydrogen (secondary N) is 1. The lowest BCUT2D eigenvalue weighted by atomic mass is 10.2. The number of hydrogen-bond donors (Lipinski definition) is 1. The van der Waals surface area contributed by atoms with Crippen LogP contribution in [0.15, 0.2) is 28.9 Å². The van der Waals surface area contributed by atoms with E-state index in [0.717, 1.165) is 24.3 Å². The fraction of sp³-hybridized carbons (Fsp3) is 0.357. The normalized spacial score (nSPS) is 10.4. The van der Waals surface area contributed by atoms with Gasteiger partial charge < -0.3 is 9.84 Å². The molecule has 0 aliphatic carbocycles. The van der Waals surface area contributed by atoms with Crippen LogP contribution in [0.5, 0.6) is 0 Å². The molecule has 0 saturated heterocycles. The molecule has 0 unspecified atom stereocenters. The number of ketones is 1. The molecule has 5 heteroatoms. The van der Waals surface area contributed by atoms with E-state index in [4.69, 9.17) is 4.52 Å². The first-order valence-corrected chi connectivity index (χ1v) is 6.34. The van der Waals surface area contributed by atoms with Crippen molar-refractivity contribution < 1.29 is 9.32 Å². The molecule has 2 aromatic heterocycles. The number of nitrogens with zero attached hydrogens (tertiary/aromatic N) is 2. The summed E-state index contributed by atoms with van der Waals surface area (Å²) in [6.07, 6.45) is 3.54. The predicted octanol–water partition coefficient (Wildman–Crippen LogP) is 2.84. The largest absolute Gasteiger partial charge is 0.363 e. The zero-order chi connectivity index (χ0) is 13.7. The Morgan fingerprint density at radius 2 is 2.26 bits per heavy atom. The molecule has 1 N–H and O–H groups in total. The summed E-state index contributed by atoms with van der Waals surface area (Å²) in [6, 6.07) is 5.47. The molecule has 0 aliphatic rings. The van der Waals surface area contributed by atoms with Gasteiger partial charge in [0.05, 0.1) is 12.2 Å². The fourth-order valence-electron chi connectivity index (χ4n) is 1.70. The van der Waals surface area contributed by atoms with Crippen molar-refractivity contribution in [2.45, 2.75) is 33.2 Å². The molecule has 0 fully saturated rings. The summed E-state index contributed by atoms with van der Waals surface area (Å²) >= 11 is 0. The Kier molecular flexibility index (Phi) is 4.28. The van der Waals surface area contributed by atoms with Gasteiger partial charge in [0.15, 0.2) is 11.5 Å². The lowest BCUT2D eigenvalue weighted by Gasteiger charge is -2.03. The third kappa shape index (κ3) is 3.64. The summed E-state index contributed by atoms with van der Waals surface area (Å²) in [5, 5.41) is 7.10. The number of Topliss-reactive ketones (excluding diaryl/α,β-unsaturated/α-hetero) is 1. The van der Waals surface area contributed by atoms with Crippen LogP contribution in [0.3, 0.4) is 0 Å². The summed E-state index contributed by atoms with van der Waals surface area (Å²) in [4.78, 5) is 15.3. The zero-order valence-corrected chi connectivity index (χ0v) is 11.1. The third-order valence-electron chi connectivity index (χ3n) is 2.73. The van der Waals surface area contributed by atoms with Crippen LogP contribution in [0.25, 0.3) is 0 Å². The van der Waals surface area contributed by atoms with Crippen LogP contribution in [-0.2, 0) is 13.0 Å². The smallest absolute Gasteiger partial charge is 0.161 e. The minimum atomic E-state index is 0.0125. The number of aryl methyl sites for hydroxylation is 1. The van der Waals surface area contributed by atoms with Crippen LogP contribution in [0.1, 0.15) is 42.1 Å². The first-order valence-electron chi connectivity index (χ1n) is 6.34. The van der Waals surface area contributed by atoms with Crippen LogP contribution < -0.4 is 5.32 Å². The van der Waals surface area contributed by atoms with Gasteiger partial charge in [-0.1, -0.05) is 18.5 Å². The monoisotopic (exact) mass is 259 g/mol. The molecule has 2 heterocycles. The van der Waals surface area contributed by atoms with Gasteiger partial charge in [-0.05, 0) is 25.5 Å². The summed E-state index contributed by atoms with van der Waals surface area (Å²) < 4.78 is 5.21. The van der Waals surface area contributed by atoms with E-state index in [0.29, 0.717) is 17.9 Å². The van der Waals surface area contributed by atoms with Crippen molar-refractivity contribution in [1.29, 1.82) is 0 Å². The highest BCUT2D eigenvalue weighted by Crippen LogP contribution is 2.10. The van der Waals surface area contributed by atoms with E-state index in [2.05, 4.69) is 22.4 Å². The highest BCUT2D eigenvalue weighted by atomic mass is 16.5. The van der Waals surface area contributed by atoms with Gasteiger partial charge in [-0.2, -0.15) is 0 Å². The average molecular weight is 259 g/mol. The van der Waals surface area contributed by atoms with Crippen molar-refractivity contribution in [2.75, 3.05) is 5.32 Å². The van der Waals surface area contributed by atoms with E-state index in [9.17, 15) is 4.79 Å². The second-order valence-corrected chi connectivity index (χ2v) is 4.38. The Morgan fingerprint density at radius 3 is 2.89 bits per heavy atom. The second kappa shape index (κ2) is 6.13. The number of carbonyl (C=O) groups excluding carboxylic acids is 1. The Balaban J connectivity index is 1.92. The van der Waals surface area contributed by atoms with Crippen LogP contribution in [-0.4, -0.2) is 15.9 Å². The first-order chi connectivity index (χ1) is 9.19. The van der Waals surface area contributed by atoms with Gasteiger partial charge in [0.25, 0.3) is 0 Å². The van der Waals surface area contributed by atoms with Gasteiger partial charge in [-0.3, -0.25) is 4.79 Å². The van der Waals surface area contributed by atoms with E-state index >= 15 is 0 Å². The standard InChI is InChI=1S/C14H17N3O2/c1-3-4-12-7-13(19-17-12)9-16-14-6-5-11(8-15-14)10(2)18/h5-8H,3-4,9H2,1-2H3,(H,15,16). The number of pyridine rings is 1. The van der Waals surface area contributed by atoms with E-state index in [1.807, 2.05) is 6.07 Å². The van der Waals surface area contributed by atoms with Gasteiger partial charge >= 0.3 is 0 Å². The molecule has 0 aliphatic heterocycles. The van der Waals surface area contributed by atoms with Crippen LogP contribution in [0.2, 0.25) is 0 Å². The number of carbonyl (C=O) groups is 1. The number of aromatic nitrogens is 2. The third-order valence-corrected chi connectivity index (χ3v) is 2.73.